The Morgan fingerprint density at radius 2 is 1.82 bits per heavy atom. The van der Waals surface area contributed by atoms with Crippen LogP contribution in [0.25, 0.3) is 32.1 Å². The Hall–Kier alpha value is -3.60. The van der Waals surface area contributed by atoms with Gasteiger partial charge in [0.05, 0.1) is 24.0 Å². The molecule has 3 aromatic heterocycles. The average molecular weight is 564 g/mol. The summed E-state index contributed by atoms with van der Waals surface area (Å²) < 4.78 is 38.8. The number of nitrogens with one attached hydrogen (secondary N) is 1. The number of fused-ring (bicyclic) bond motifs is 2. The van der Waals surface area contributed by atoms with Gasteiger partial charge in [-0.3, -0.25) is 4.98 Å². The van der Waals surface area contributed by atoms with Gasteiger partial charge in [0, 0.05) is 47.9 Å². The lowest BCUT2D eigenvalue weighted by Gasteiger charge is -2.28. The third kappa shape index (κ3) is 5.52. The Morgan fingerprint density at radius 1 is 1.02 bits per heavy atom. The van der Waals surface area contributed by atoms with Crippen LogP contribution in [0.2, 0.25) is 0 Å². The highest BCUT2D eigenvalue weighted by Crippen LogP contribution is 2.36. The number of aliphatic hydroxyl groups excluding tert-OH is 1. The fourth-order valence-corrected chi connectivity index (χ4v) is 6.62. The summed E-state index contributed by atoms with van der Waals surface area (Å²) >= 11 is 1.03. The smallest absolute Gasteiger partial charge is 0.391 e. The first-order valence-corrected chi connectivity index (χ1v) is 13.9. The molecule has 3 atom stereocenters. The highest BCUT2D eigenvalue weighted by Gasteiger charge is 2.37. The topological polar surface area (TPSA) is 74.2 Å². The van der Waals surface area contributed by atoms with Crippen LogP contribution in [-0.4, -0.2) is 51.5 Å². The van der Waals surface area contributed by atoms with Crippen molar-refractivity contribution >= 4 is 38.1 Å². The first kappa shape index (κ1) is 26.6. The van der Waals surface area contributed by atoms with Gasteiger partial charge in [0.2, 0.25) is 0 Å². The predicted octanol–water partition coefficient (Wildman–Crippen LogP) is 6.13. The van der Waals surface area contributed by atoms with Gasteiger partial charge in [-0.25, -0.2) is 9.97 Å². The van der Waals surface area contributed by atoms with Crippen LogP contribution in [0.3, 0.4) is 0 Å². The average Bonchev–Trinajstić information content (AvgIpc) is 3.52. The molecule has 10 heteroatoms. The molecule has 206 valence electrons. The maximum atomic E-state index is 12.9. The molecule has 0 saturated heterocycles. The number of thiophene rings is 1. The number of benzene rings is 2. The van der Waals surface area contributed by atoms with Crippen molar-refractivity contribution in [3.63, 3.8) is 0 Å². The third-order valence-electron chi connectivity index (χ3n) is 7.59. The fraction of sp³-hybridized carbons (Fsp3) is 0.300. The first-order chi connectivity index (χ1) is 19.2. The van der Waals surface area contributed by atoms with Crippen molar-refractivity contribution in [2.45, 2.75) is 50.2 Å². The van der Waals surface area contributed by atoms with E-state index in [0.29, 0.717) is 35.4 Å². The second-order valence-corrected chi connectivity index (χ2v) is 11.4. The summed E-state index contributed by atoms with van der Waals surface area (Å²) in [6.45, 7) is 0.658. The lowest BCUT2D eigenvalue weighted by molar-refractivity contribution is -0.126. The Kier molecular flexibility index (Phi) is 7.16. The van der Waals surface area contributed by atoms with Gasteiger partial charge in [0.25, 0.3) is 0 Å². The highest BCUT2D eigenvalue weighted by molar-refractivity contribution is 7.18. The summed E-state index contributed by atoms with van der Waals surface area (Å²) in [6, 6.07) is 18.0. The molecule has 5 aromatic rings. The minimum Gasteiger partial charge on any atom is -0.391 e. The van der Waals surface area contributed by atoms with E-state index < -0.39 is 18.7 Å². The maximum Gasteiger partial charge on any atom is 0.393 e. The molecule has 0 aliphatic heterocycles. The monoisotopic (exact) mass is 563 g/mol. The Morgan fingerprint density at radius 3 is 2.62 bits per heavy atom. The predicted molar refractivity (Wildman–Crippen MR) is 152 cm³/mol. The van der Waals surface area contributed by atoms with Gasteiger partial charge in [-0.15, -0.1) is 11.3 Å². The van der Waals surface area contributed by atoms with Crippen LogP contribution in [-0.2, 0) is 13.0 Å². The lowest BCUT2D eigenvalue weighted by Crippen LogP contribution is -2.38. The molecule has 1 aliphatic carbocycles. The van der Waals surface area contributed by atoms with E-state index in [9.17, 15) is 18.3 Å². The summed E-state index contributed by atoms with van der Waals surface area (Å²) in [5.74, 6) is 0.540. The maximum absolute atomic E-state index is 12.9. The molecular weight excluding hydrogens is 535 g/mol. The number of halogens is 3. The molecule has 6 rings (SSSR count). The lowest BCUT2D eigenvalue weighted by atomic mass is 10.00. The molecule has 0 bridgehead atoms. The molecule has 2 aromatic carbocycles. The van der Waals surface area contributed by atoms with Crippen LogP contribution in [0, 0.1) is 0 Å². The van der Waals surface area contributed by atoms with Crippen LogP contribution in [0.1, 0.15) is 23.3 Å². The zero-order valence-corrected chi connectivity index (χ0v) is 22.6. The van der Waals surface area contributed by atoms with Crippen molar-refractivity contribution in [1.29, 1.82) is 0 Å². The molecule has 0 spiro atoms. The quantitative estimate of drug-likeness (QED) is 0.248. The van der Waals surface area contributed by atoms with Crippen molar-refractivity contribution in [3.05, 3.63) is 83.8 Å². The zero-order chi connectivity index (χ0) is 27.9. The molecule has 0 radical (unpaired) electrons. The van der Waals surface area contributed by atoms with Gasteiger partial charge < -0.3 is 15.3 Å². The van der Waals surface area contributed by atoms with Crippen molar-refractivity contribution in [2.24, 2.45) is 0 Å². The Balaban J connectivity index is 1.11. The van der Waals surface area contributed by atoms with E-state index in [2.05, 4.69) is 56.7 Å². The summed E-state index contributed by atoms with van der Waals surface area (Å²) in [5, 5.41) is 17.3. The summed E-state index contributed by atoms with van der Waals surface area (Å²) in [5.41, 5.74) is 3.34. The van der Waals surface area contributed by atoms with E-state index >= 15 is 0 Å². The van der Waals surface area contributed by atoms with E-state index in [1.54, 1.807) is 0 Å². The number of aromatic nitrogens is 3. The zero-order valence-electron chi connectivity index (χ0n) is 21.8. The second-order valence-electron chi connectivity index (χ2n) is 10.3. The minimum absolute atomic E-state index is 0.0880. The molecule has 1 aliphatic rings. The van der Waals surface area contributed by atoms with Crippen LogP contribution < -0.4 is 10.2 Å². The van der Waals surface area contributed by atoms with Gasteiger partial charge in [-0.1, -0.05) is 48.5 Å². The van der Waals surface area contributed by atoms with Gasteiger partial charge in [0.15, 0.2) is 0 Å². The summed E-state index contributed by atoms with van der Waals surface area (Å²) in [6.07, 6.45) is 0.526. The van der Waals surface area contributed by atoms with E-state index in [4.69, 9.17) is 0 Å². The number of rotatable bonds is 7. The summed E-state index contributed by atoms with van der Waals surface area (Å²) in [7, 11) is 1.83. The molecule has 40 heavy (non-hydrogen) atoms. The van der Waals surface area contributed by atoms with Crippen LogP contribution in [0.5, 0.6) is 0 Å². The number of pyridine rings is 1. The second kappa shape index (κ2) is 10.8. The molecular formula is C30H28F3N5OS. The third-order valence-corrected chi connectivity index (χ3v) is 8.63. The molecule has 0 unspecified atom stereocenters. The van der Waals surface area contributed by atoms with Crippen LogP contribution >= 0.6 is 11.3 Å². The molecule has 1 fully saturated rings. The number of hydrogen-bond acceptors (Lipinski definition) is 7. The number of hydrogen-bond donors (Lipinski definition) is 2. The van der Waals surface area contributed by atoms with E-state index in [1.807, 2.05) is 36.5 Å². The molecule has 1 saturated carbocycles. The molecule has 2 N–H and O–H groups in total. The molecule has 0 amide bonds. The number of aliphatic hydroxyl groups is 1. The molecule has 3 heterocycles. The summed E-state index contributed by atoms with van der Waals surface area (Å²) in [4.78, 5) is 15.5. The number of likely N-dealkylation sites (N-methyl/N-ethyl adjacent to an activating group) is 1. The van der Waals surface area contributed by atoms with Gasteiger partial charge in [-0.05, 0) is 35.4 Å². The highest BCUT2D eigenvalue weighted by atomic mass is 32.1. The van der Waals surface area contributed by atoms with E-state index in [0.717, 1.165) is 33.4 Å². The van der Waals surface area contributed by atoms with Crippen molar-refractivity contribution in [1.82, 2.24) is 20.3 Å². The largest absolute Gasteiger partial charge is 0.393 e. The standard InChI is InChI=1S/C30H28F3N5OS/c1-38(28-24-12-22(13-30(31,32)33)40-29(24)37-17-36-28)26-10-21(11-27(26)39)35-14-18-6-8-19(9-7-18)25-16-34-15-20-4-2-3-5-23(20)25/h2-9,12,15-17,21,26-27,35,39H,10-11,13-14H2,1H3/t21-,26+,27-/m1/s1. The minimum atomic E-state index is -4.28. The fourth-order valence-electron chi connectivity index (χ4n) is 5.60. The van der Waals surface area contributed by atoms with Crippen molar-refractivity contribution in [2.75, 3.05) is 11.9 Å². The van der Waals surface area contributed by atoms with Crippen LogP contribution in [0.4, 0.5) is 19.0 Å². The SMILES string of the molecule is CN(c1ncnc2sc(CC(F)(F)F)cc12)[C@H]1C[C@@H](NCc2ccc(-c3cncc4ccccc34)cc2)C[C@H]1O. The van der Waals surface area contributed by atoms with Crippen LogP contribution in [0.15, 0.2) is 73.3 Å². The first-order valence-electron chi connectivity index (χ1n) is 13.1. The van der Waals surface area contributed by atoms with Crippen molar-refractivity contribution in [3.8, 4) is 11.1 Å². The number of nitrogens with zero attached hydrogens (tertiary/aromatic N) is 4. The Labute approximate surface area is 233 Å². The number of anilines is 1. The number of alkyl halides is 3. The van der Waals surface area contributed by atoms with E-state index in [1.165, 1.54) is 17.8 Å². The van der Waals surface area contributed by atoms with Crippen molar-refractivity contribution < 1.29 is 18.3 Å². The van der Waals surface area contributed by atoms with Gasteiger partial charge in [0.1, 0.15) is 17.0 Å². The normalized spacial score (nSPS) is 19.5. The van der Waals surface area contributed by atoms with Gasteiger partial charge >= 0.3 is 6.18 Å². The van der Waals surface area contributed by atoms with Gasteiger partial charge in [-0.2, -0.15) is 13.2 Å². The molecule has 6 nitrogen and oxygen atoms in total. The van der Waals surface area contributed by atoms with E-state index in [-0.39, 0.29) is 17.0 Å². The Bertz CT molecular complexity index is 1630.